The van der Waals surface area contributed by atoms with Crippen LogP contribution >= 0.6 is 0 Å². The second-order valence-electron chi connectivity index (χ2n) is 4.02. The molecule has 80 valence electrons. The molecule has 0 radical (unpaired) electrons. The maximum Gasteiger partial charge on any atom is 0.151 e. The largest absolute Gasteiger partial charge is 0.396 e. The predicted molar refractivity (Wildman–Crippen MR) is 61.5 cm³/mol. The van der Waals surface area contributed by atoms with E-state index in [0.717, 1.165) is 12.4 Å². The average Bonchev–Trinajstić information content (AvgIpc) is 2.16. The molecule has 0 aliphatic heterocycles. The van der Waals surface area contributed by atoms with E-state index >= 15 is 0 Å². The van der Waals surface area contributed by atoms with Gasteiger partial charge in [-0.15, -0.1) is 0 Å². The van der Waals surface area contributed by atoms with Crippen LogP contribution in [-0.4, -0.2) is 18.6 Å². The minimum atomic E-state index is 0.495. The zero-order chi connectivity index (χ0) is 11.4. The molecule has 0 aromatic carbocycles. The van der Waals surface area contributed by atoms with E-state index in [0.29, 0.717) is 17.2 Å². The van der Waals surface area contributed by atoms with Gasteiger partial charge in [0.05, 0.1) is 11.3 Å². The van der Waals surface area contributed by atoms with E-state index < -0.39 is 0 Å². The monoisotopic (exact) mass is 204 g/mol. The van der Waals surface area contributed by atoms with Crippen LogP contribution in [0.5, 0.6) is 0 Å². The normalized spacial score (nSPS) is 10.1. The van der Waals surface area contributed by atoms with Gasteiger partial charge >= 0.3 is 0 Å². The summed E-state index contributed by atoms with van der Waals surface area (Å²) in [6.07, 6.45) is 1.54. The van der Waals surface area contributed by atoms with Crippen LogP contribution in [0.4, 0.5) is 11.5 Å². The van der Waals surface area contributed by atoms with Crippen molar-refractivity contribution in [1.82, 2.24) is 4.98 Å². The lowest BCUT2D eigenvalue weighted by Crippen LogP contribution is -2.24. The van der Waals surface area contributed by atoms with Crippen LogP contribution in [0, 0.1) is 17.2 Å². The third-order valence-electron chi connectivity index (χ3n) is 2.02. The minimum Gasteiger partial charge on any atom is -0.396 e. The third-order valence-corrected chi connectivity index (χ3v) is 2.02. The summed E-state index contributed by atoms with van der Waals surface area (Å²) in [6, 6.07) is 3.67. The number of pyridine rings is 1. The van der Waals surface area contributed by atoms with E-state index in [1.165, 1.54) is 0 Å². The van der Waals surface area contributed by atoms with Gasteiger partial charge in [-0.25, -0.2) is 4.98 Å². The molecule has 0 saturated heterocycles. The fourth-order valence-electron chi connectivity index (χ4n) is 1.49. The summed E-state index contributed by atoms with van der Waals surface area (Å²) in [6.45, 7) is 5.16. The lowest BCUT2D eigenvalue weighted by molar-refractivity contribution is 0.635. The Labute approximate surface area is 90.3 Å². The maximum atomic E-state index is 8.68. The topological polar surface area (TPSA) is 65.9 Å². The van der Waals surface area contributed by atoms with E-state index in [4.69, 9.17) is 11.0 Å². The van der Waals surface area contributed by atoms with Crippen LogP contribution in [0.2, 0.25) is 0 Å². The molecule has 0 atom stereocenters. The fraction of sp³-hybridized carbons (Fsp3) is 0.455. The molecule has 0 bridgehead atoms. The molecule has 2 N–H and O–H groups in total. The summed E-state index contributed by atoms with van der Waals surface area (Å²) in [7, 11) is 1.95. The van der Waals surface area contributed by atoms with Crippen LogP contribution < -0.4 is 10.6 Å². The van der Waals surface area contributed by atoms with Crippen LogP contribution in [0.15, 0.2) is 12.3 Å². The van der Waals surface area contributed by atoms with Crippen molar-refractivity contribution in [3.05, 3.63) is 17.8 Å². The number of nitrogens with zero attached hydrogens (tertiary/aromatic N) is 3. The molecule has 0 aliphatic rings. The molecular weight excluding hydrogens is 188 g/mol. The minimum absolute atomic E-state index is 0.495. The highest BCUT2D eigenvalue weighted by atomic mass is 15.2. The van der Waals surface area contributed by atoms with Crippen molar-refractivity contribution in [2.75, 3.05) is 24.2 Å². The SMILES string of the molecule is CC(C)CN(C)c1ncc(C#N)cc1N. The molecule has 1 rings (SSSR count). The Hall–Kier alpha value is -1.76. The van der Waals surface area contributed by atoms with Crippen LogP contribution in [-0.2, 0) is 0 Å². The summed E-state index contributed by atoms with van der Waals surface area (Å²) >= 11 is 0. The van der Waals surface area contributed by atoms with Crippen LogP contribution in [0.3, 0.4) is 0 Å². The number of aromatic nitrogens is 1. The number of nitriles is 1. The summed E-state index contributed by atoms with van der Waals surface area (Å²) in [5.41, 5.74) is 6.87. The lowest BCUT2D eigenvalue weighted by Gasteiger charge is -2.21. The van der Waals surface area contributed by atoms with Crippen molar-refractivity contribution >= 4 is 11.5 Å². The maximum absolute atomic E-state index is 8.68. The Morgan fingerprint density at radius 1 is 1.60 bits per heavy atom. The average molecular weight is 204 g/mol. The Balaban J connectivity index is 2.91. The van der Waals surface area contributed by atoms with Crippen molar-refractivity contribution in [3.63, 3.8) is 0 Å². The molecule has 0 amide bonds. The van der Waals surface area contributed by atoms with Gasteiger partial charge in [0.1, 0.15) is 6.07 Å². The molecule has 1 aromatic rings. The number of anilines is 2. The Bertz CT molecular complexity index is 379. The predicted octanol–water partition coefficient (Wildman–Crippen LogP) is 1.63. The number of hydrogen-bond acceptors (Lipinski definition) is 4. The van der Waals surface area contributed by atoms with E-state index in [2.05, 4.69) is 18.8 Å². The second-order valence-corrected chi connectivity index (χ2v) is 4.02. The van der Waals surface area contributed by atoms with Gasteiger partial charge < -0.3 is 10.6 Å². The molecule has 0 spiro atoms. The van der Waals surface area contributed by atoms with E-state index in [9.17, 15) is 0 Å². The number of nitrogen functional groups attached to an aromatic ring is 1. The standard InChI is InChI=1S/C11H16N4/c1-8(2)7-15(3)11-10(13)4-9(5-12)6-14-11/h4,6,8H,7,13H2,1-3H3. The molecule has 0 saturated carbocycles. The first-order valence-corrected chi connectivity index (χ1v) is 4.91. The van der Waals surface area contributed by atoms with Crippen molar-refractivity contribution < 1.29 is 0 Å². The highest BCUT2D eigenvalue weighted by Gasteiger charge is 2.08. The van der Waals surface area contributed by atoms with E-state index in [1.54, 1.807) is 12.3 Å². The van der Waals surface area contributed by atoms with Gasteiger partial charge in [0, 0.05) is 19.8 Å². The highest BCUT2D eigenvalue weighted by molar-refractivity contribution is 5.64. The molecular formula is C11H16N4. The van der Waals surface area contributed by atoms with Crippen LogP contribution in [0.1, 0.15) is 19.4 Å². The summed E-state index contributed by atoms with van der Waals surface area (Å²) in [5.74, 6) is 1.29. The second kappa shape index (κ2) is 4.65. The summed E-state index contributed by atoms with van der Waals surface area (Å²) in [4.78, 5) is 6.18. The molecule has 0 fully saturated rings. The van der Waals surface area contributed by atoms with Crippen molar-refractivity contribution in [3.8, 4) is 6.07 Å². The summed E-state index contributed by atoms with van der Waals surface area (Å²) < 4.78 is 0. The molecule has 4 heteroatoms. The van der Waals surface area contributed by atoms with Crippen molar-refractivity contribution in [2.45, 2.75) is 13.8 Å². The van der Waals surface area contributed by atoms with Gasteiger partial charge in [-0.2, -0.15) is 5.26 Å². The molecule has 1 heterocycles. The zero-order valence-corrected chi connectivity index (χ0v) is 9.36. The fourth-order valence-corrected chi connectivity index (χ4v) is 1.49. The summed E-state index contributed by atoms with van der Waals surface area (Å²) in [5, 5.41) is 8.68. The van der Waals surface area contributed by atoms with E-state index in [-0.39, 0.29) is 0 Å². The van der Waals surface area contributed by atoms with Gasteiger partial charge in [0.25, 0.3) is 0 Å². The zero-order valence-electron chi connectivity index (χ0n) is 9.36. The Morgan fingerprint density at radius 2 is 2.27 bits per heavy atom. The molecule has 1 aromatic heterocycles. The number of rotatable bonds is 3. The van der Waals surface area contributed by atoms with Gasteiger partial charge in [-0.05, 0) is 12.0 Å². The highest BCUT2D eigenvalue weighted by Crippen LogP contribution is 2.20. The van der Waals surface area contributed by atoms with Crippen molar-refractivity contribution in [1.29, 1.82) is 5.26 Å². The number of nitrogens with two attached hydrogens (primary N) is 1. The lowest BCUT2D eigenvalue weighted by atomic mass is 10.2. The molecule has 4 nitrogen and oxygen atoms in total. The first kappa shape index (κ1) is 11.3. The third kappa shape index (κ3) is 2.84. The van der Waals surface area contributed by atoms with Gasteiger partial charge in [0.2, 0.25) is 0 Å². The molecule has 0 aliphatic carbocycles. The molecule has 15 heavy (non-hydrogen) atoms. The van der Waals surface area contributed by atoms with E-state index in [1.807, 2.05) is 18.0 Å². The van der Waals surface area contributed by atoms with Gasteiger partial charge in [-0.1, -0.05) is 13.8 Å². The first-order chi connectivity index (χ1) is 7.04. The molecule has 0 unspecified atom stereocenters. The Kier molecular flexibility index (Phi) is 3.51. The first-order valence-electron chi connectivity index (χ1n) is 4.91. The Morgan fingerprint density at radius 3 is 2.73 bits per heavy atom. The van der Waals surface area contributed by atoms with Crippen LogP contribution in [0.25, 0.3) is 0 Å². The smallest absolute Gasteiger partial charge is 0.151 e. The van der Waals surface area contributed by atoms with Gasteiger partial charge in [-0.3, -0.25) is 0 Å². The quantitative estimate of drug-likeness (QED) is 0.812. The van der Waals surface area contributed by atoms with Gasteiger partial charge in [0.15, 0.2) is 5.82 Å². The van der Waals surface area contributed by atoms with Crippen molar-refractivity contribution in [2.24, 2.45) is 5.92 Å². The number of hydrogen-bond donors (Lipinski definition) is 1.